The molecule has 3 rings (SSSR count). The lowest BCUT2D eigenvalue weighted by molar-refractivity contribution is 0.112. The second-order valence-electron chi connectivity index (χ2n) is 5.35. The summed E-state index contributed by atoms with van der Waals surface area (Å²) < 4.78 is 11.4. The highest BCUT2D eigenvalue weighted by atomic mass is 35.5. The number of halogens is 1. The molecule has 24 heavy (non-hydrogen) atoms. The van der Waals surface area contributed by atoms with Crippen LogP contribution in [0.15, 0.2) is 54.6 Å². The van der Waals surface area contributed by atoms with Gasteiger partial charge in [-0.1, -0.05) is 48.0 Å². The van der Waals surface area contributed by atoms with Crippen LogP contribution in [-0.2, 0) is 6.61 Å². The molecule has 0 fully saturated rings. The van der Waals surface area contributed by atoms with E-state index in [2.05, 4.69) is 24.3 Å². The van der Waals surface area contributed by atoms with Crippen LogP contribution in [0.3, 0.4) is 0 Å². The molecule has 0 radical (unpaired) electrons. The third-order valence-corrected chi connectivity index (χ3v) is 3.95. The van der Waals surface area contributed by atoms with Gasteiger partial charge in [-0.05, 0) is 41.5 Å². The van der Waals surface area contributed by atoms with Crippen molar-refractivity contribution in [3.05, 3.63) is 70.7 Å². The van der Waals surface area contributed by atoms with Gasteiger partial charge >= 0.3 is 0 Å². The van der Waals surface area contributed by atoms with E-state index in [1.165, 1.54) is 5.39 Å². The summed E-state index contributed by atoms with van der Waals surface area (Å²) in [6.45, 7) is 2.70. The largest absolute Gasteiger partial charge is 0.490 e. The first-order chi connectivity index (χ1) is 11.7. The Kier molecular flexibility index (Phi) is 5.02. The molecule has 0 N–H and O–H groups in total. The first-order valence-corrected chi connectivity index (χ1v) is 8.11. The molecule has 3 nitrogen and oxygen atoms in total. The predicted molar refractivity (Wildman–Crippen MR) is 96.3 cm³/mol. The normalized spacial score (nSPS) is 10.6. The summed E-state index contributed by atoms with van der Waals surface area (Å²) in [4.78, 5) is 11.0. The molecule has 0 aliphatic rings. The number of ether oxygens (including phenoxy) is 2. The molecule has 3 aromatic carbocycles. The summed E-state index contributed by atoms with van der Waals surface area (Å²) in [7, 11) is 0. The number of hydrogen-bond donors (Lipinski definition) is 0. The molecule has 0 aliphatic carbocycles. The number of carbonyl (C=O) groups excluding carboxylic acids is 1. The van der Waals surface area contributed by atoms with Gasteiger partial charge in [0.25, 0.3) is 0 Å². The summed E-state index contributed by atoms with van der Waals surface area (Å²) in [6, 6.07) is 17.5. The average molecular weight is 341 g/mol. The van der Waals surface area contributed by atoms with E-state index in [9.17, 15) is 4.79 Å². The Labute approximate surface area is 145 Å². The highest BCUT2D eigenvalue weighted by molar-refractivity contribution is 6.32. The van der Waals surface area contributed by atoms with E-state index in [1.54, 1.807) is 12.1 Å². The molecular weight excluding hydrogens is 324 g/mol. The van der Waals surface area contributed by atoms with Crippen LogP contribution >= 0.6 is 11.6 Å². The molecule has 0 atom stereocenters. The number of benzene rings is 3. The Morgan fingerprint density at radius 1 is 1.00 bits per heavy atom. The minimum Gasteiger partial charge on any atom is -0.490 e. The molecule has 0 saturated heterocycles. The van der Waals surface area contributed by atoms with Crippen molar-refractivity contribution in [1.29, 1.82) is 0 Å². The highest BCUT2D eigenvalue weighted by Gasteiger charge is 2.13. The zero-order valence-corrected chi connectivity index (χ0v) is 14.0. The van der Waals surface area contributed by atoms with E-state index < -0.39 is 0 Å². The number of fused-ring (bicyclic) bond motifs is 1. The van der Waals surface area contributed by atoms with Gasteiger partial charge in [-0.3, -0.25) is 4.79 Å². The van der Waals surface area contributed by atoms with Gasteiger partial charge in [-0.25, -0.2) is 0 Å². The van der Waals surface area contributed by atoms with Gasteiger partial charge in [0.1, 0.15) is 12.9 Å². The summed E-state index contributed by atoms with van der Waals surface area (Å²) in [5.74, 6) is 0.935. The summed E-state index contributed by atoms with van der Waals surface area (Å²) in [5, 5.41) is 2.71. The number of rotatable bonds is 6. The quantitative estimate of drug-likeness (QED) is 0.572. The van der Waals surface area contributed by atoms with E-state index in [0.717, 1.165) is 17.2 Å². The topological polar surface area (TPSA) is 35.5 Å². The van der Waals surface area contributed by atoms with E-state index in [-0.39, 0.29) is 0 Å². The Morgan fingerprint density at radius 3 is 2.54 bits per heavy atom. The van der Waals surface area contributed by atoms with Crippen molar-refractivity contribution in [1.82, 2.24) is 0 Å². The molecule has 0 aromatic heterocycles. The Balaban J connectivity index is 1.85. The van der Waals surface area contributed by atoms with Crippen LogP contribution in [0.5, 0.6) is 11.5 Å². The summed E-state index contributed by atoms with van der Waals surface area (Å²) in [6.07, 6.45) is 0.738. The van der Waals surface area contributed by atoms with Gasteiger partial charge in [0.2, 0.25) is 0 Å². The molecular formula is C20H17ClO3. The van der Waals surface area contributed by atoms with Gasteiger partial charge < -0.3 is 9.47 Å². The maximum atomic E-state index is 11.0. The van der Waals surface area contributed by atoms with Crippen molar-refractivity contribution in [2.24, 2.45) is 0 Å². The molecule has 0 aliphatic heterocycles. The third kappa shape index (κ3) is 3.52. The third-order valence-electron chi connectivity index (χ3n) is 3.66. The predicted octanol–water partition coefficient (Wildman–Crippen LogP) is 5.28. The molecule has 0 spiro atoms. The summed E-state index contributed by atoms with van der Waals surface area (Å²) in [5.41, 5.74) is 1.49. The highest BCUT2D eigenvalue weighted by Crippen LogP contribution is 2.37. The van der Waals surface area contributed by atoms with Crippen LogP contribution in [0.4, 0.5) is 0 Å². The van der Waals surface area contributed by atoms with Crippen molar-refractivity contribution in [3.63, 3.8) is 0 Å². The molecule has 0 amide bonds. The van der Waals surface area contributed by atoms with E-state index in [0.29, 0.717) is 35.3 Å². The Bertz CT molecular complexity index is 874. The van der Waals surface area contributed by atoms with Gasteiger partial charge in [-0.2, -0.15) is 0 Å². The molecule has 122 valence electrons. The fourth-order valence-electron chi connectivity index (χ4n) is 2.54. The Morgan fingerprint density at radius 2 is 1.79 bits per heavy atom. The SMILES string of the molecule is CCOc1cc(C=O)cc(Cl)c1OCc1ccc2ccccc2c1. The monoisotopic (exact) mass is 340 g/mol. The van der Waals surface area contributed by atoms with Gasteiger partial charge in [0.05, 0.1) is 11.6 Å². The lowest BCUT2D eigenvalue weighted by atomic mass is 10.1. The number of carbonyl (C=O) groups is 1. The van der Waals surface area contributed by atoms with E-state index in [4.69, 9.17) is 21.1 Å². The minimum absolute atomic E-state index is 0.365. The standard InChI is InChI=1S/C20H17ClO3/c1-2-23-19-11-15(12-22)10-18(21)20(19)24-13-14-7-8-16-5-3-4-6-17(16)9-14/h3-12H,2,13H2,1H3. The smallest absolute Gasteiger partial charge is 0.180 e. The van der Waals surface area contributed by atoms with Crippen molar-refractivity contribution in [3.8, 4) is 11.5 Å². The molecule has 0 bridgehead atoms. The van der Waals surface area contributed by atoms with E-state index in [1.807, 2.05) is 25.1 Å². The zero-order valence-electron chi connectivity index (χ0n) is 13.3. The fourth-order valence-corrected chi connectivity index (χ4v) is 2.82. The minimum atomic E-state index is 0.365. The molecule has 0 unspecified atom stereocenters. The van der Waals surface area contributed by atoms with Crippen LogP contribution in [0, 0.1) is 0 Å². The Hall–Kier alpha value is -2.52. The van der Waals surface area contributed by atoms with Crippen molar-refractivity contribution in [2.45, 2.75) is 13.5 Å². The second-order valence-corrected chi connectivity index (χ2v) is 5.76. The first kappa shape index (κ1) is 16.3. The first-order valence-electron chi connectivity index (χ1n) is 7.73. The average Bonchev–Trinajstić information content (AvgIpc) is 2.61. The maximum absolute atomic E-state index is 11.0. The summed E-state index contributed by atoms with van der Waals surface area (Å²) >= 11 is 6.25. The number of hydrogen-bond acceptors (Lipinski definition) is 3. The van der Waals surface area contributed by atoms with Crippen LogP contribution in [0.1, 0.15) is 22.8 Å². The maximum Gasteiger partial charge on any atom is 0.180 e. The van der Waals surface area contributed by atoms with Crippen LogP contribution in [-0.4, -0.2) is 12.9 Å². The molecule has 3 aromatic rings. The van der Waals surface area contributed by atoms with E-state index >= 15 is 0 Å². The van der Waals surface area contributed by atoms with Crippen LogP contribution in [0.2, 0.25) is 5.02 Å². The van der Waals surface area contributed by atoms with Crippen molar-refractivity contribution < 1.29 is 14.3 Å². The molecule has 4 heteroatoms. The lowest BCUT2D eigenvalue weighted by Crippen LogP contribution is -2.01. The van der Waals surface area contributed by atoms with Gasteiger partial charge in [0, 0.05) is 5.56 Å². The number of aldehydes is 1. The van der Waals surface area contributed by atoms with Gasteiger partial charge in [-0.15, -0.1) is 0 Å². The lowest BCUT2D eigenvalue weighted by Gasteiger charge is -2.14. The van der Waals surface area contributed by atoms with Crippen LogP contribution in [0.25, 0.3) is 10.8 Å². The second kappa shape index (κ2) is 7.37. The van der Waals surface area contributed by atoms with Crippen molar-refractivity contribution in [2.75, 3.05) is 6.61 Å². The fraction of sp³-hybridized carbons (Fsp3) is 0.150. The van der Waals surface area contributed by atoms with Crippen molar-refractivity contribution >= 4 is 28.7 Å². The molecule has 0 heterocycles. The zero-order chi connectivity index (χ0) is 16.9. The van der Waals surface area contributed by atoms with Gasteiger partial charge in [0.15, 0.2) is 11.5 Å². The molecule has 0 saturated carbocycles. The van der Waals surface area contributed by atoms with Crippen LogP contribution < -0.4 is 9.47 Å².